The summed E-state index contributed by atoms with van der Waals surface area (Å²) in [5, 5.41) is 0. The fourth-order valence-electron chi connectivity index (χ4n) is 2.65. The van der Waals surface area contributed by atoms with Gasteiger partial charge in [0.05, 0.1) is 6.54 Å². The molecule has 0 aliphatic carbocycles. The molecule has 1 heterocycles. The van der Waals surface area contributed by atoms with Gasteiger partial charge in [-0.05, 0) is 24.3 Å². The Labute approximate surface area is 135 Å². The molecule has 0 aliphatic rings. The van der Waals surface area contributed by atoms with Crippen molar-refractivity contribution in [3.63, 3.8) is 0 Å². The number of halogens is 1. The summed E-state index contributed by atoms with van der Waals surface area (Å²) in [7, 11) is 0. The van der Waals surface area contributed by atoms with Crippen LogP contribution in [0.15, 0.2) is 49.1 Å². The van der Waals surface area contributed by atoms with E-state index in [0.717, 1.165) is 19.0 Å². The van der Waals surface area contributed by atoms with E-state index in [1.54, 1.807) is 0 Å². The van der Waals surface area contributed by atoms with Gasteiger partial charge < -0.3 is 12.4 Å². The Morgan fingerprint density at radius 1 is 1.14 bits per heavy atom. The highest BCUT2D eigenvalue weighted by Crippen LogP contribution is 2.12. The molecule has 2 aromatic rings. The summed E-state index contributed by atoms with van der Waals surface area (Å²) in [6, 6.07) is 10.6. The van der Waals surface area contributed by atoms with Crippen LogP contribution in [0.2, 0.25) is 0 Å². The molecule has 0 aliphatic heterocycles. The normalized spacial score (nSPS) is 11.9. The van der Waals surface area contributed by atoms with E-state index in [-0.39, 0.29) is 12.4 Å². The molecule has 0 saturated carbocycles. The van der Waals surface area contributed by atoms with Crippen molar-refractivity contribution in [1.29, 1.82) is 0 Å². The van der Waals surface area contributed by atoms with Gasteiger partial charge in [0.25, 0.3) is 0 Å². The van der Waals surface area contributed by atoms with Crippen LogP contribution in [-0.2, 0) is 13.1 Å². The van der Waals surface area contributed by atoms with Crippen LogP contribution in [0.3, 0.4) is 0 Å². The minimum absolute atomic E-state index is 0. The average molecular weight is 307 g/mol. The molecule has 2 nitrogen and oxygen atoms in total. The molecule has 0 spiro atoms. The number of nitrogens with zero attached hydrogens (tertiary/aromatic N) is 2. The van der Waals surface area contributed by atoms with Crippen molar-refractivity contribution in [2.45, 2.75) is 52.6 Å². The molecule has 21 heavy (non-hydrogen) atoms. The lowest BCUT2D eigenvalue weighted by Gasteiger charge is -2.11. The second-order valence-electron chi connectivity index (χ2n) is 5.68. The van der Waals surface area contributed by atoms with Crippen LogP contribution in [0.4, 0.5) is 0 Å². The molecular formula is C18H27ClN2. The molecule has 0 N–H and O–H groups in total. The maximum atomic E-state index is 2.34. The Morgan fingerprint density at radius 3 is 2.57 bits per heavy atom. The van der Waals surface area contributed by atoms with Crippen molar-refractivity contribution in [2.75, 3.05) is 0 Å². The van der Waals surface area contributed by atoms with Crippen molar-refractivity contribution in [3.05, 3.63) is 54.6 Å². The maximum absolute atomic E-state index is 2.34. The monoisotopic (exact) mass is 306 g/mol. The minimum atomic E-state index is 0. The van der Waals surface area contributed by atoms with E-state index in [2.05, 4.69) is 72.0 Å². The van der Waals surface area contributed by atoms with Crippen LogP contribution in [0.25, 0.3) is 0 Å². The van der Waals surface area contributed by atoms with Gasteiger partial charge in [0.15, 0.2) is 0 Å². The van der Waals surface area contributed by atoms with E-state index in [9.17, 15) is 0 Å². The molecule has 3 heteroatoms. The third-order valence-corrected chi connectivity index (χ3v) is 3.97. The summed E-state index contributed by atoms with van der Waals surface area (Å²) in [5.41, 5.74) is 1.35. The van der Waals surface area contributed by atoms with Gasteiger partial charge in [0, 0.05) is 0 Å². The Kier molecular flexibility index (Phi) is 8.14. The molecule has 0 fully saturated rings. The largest absolute Gasteiger partial charge is 1.00 e. The van der Waals surface area contributed by atoms with Gasteiger partial charge in [-0.1, -0.05) is 57.0 Å². The SMILES string of the molecule is CCCCC(CC)C[n+]1ccn(Cc2ccccc2)c1.[Cl-]. The van der Waals surface area contributed by atoms with Crippen molar-refractivity contribution < 1.29 is 17.0 Å². The van der Waals surface area contributed by atoms with E-state index in [1.165, 1.54) is 31.2 Å². The molecule has 1 aromatic heterocycles. The van der Waals surface area contributed by atoms with Crippen LogP contribution in [0.1, 0.15) is 45.1 Å². The molecule has 2 rings (SSSR count). The first-order chi connectivity index (χ1) is 9.81. The zero-order chi connectivity index (χ0) is 14.2. The third kappa shape index (κ3) is 5.92. The van der Waals surface area contributed by atoms with E-state index in [1.807, 2.05) is 0 Å². The smallest absolute Gasteiger partial charge is 0.244 e. The summed E-state index contributed by atoms with van der Waals surface area (Å²) < 4.78 is 4.61. The summed E-state index contributed by atoms with van der Waals surface area (Å²) >= 11 is 0. The van der Waals surface area contributed by atoms with E-state index >= 15 is 0 Å². The first kappa shape index (κ1) is 17.8. The molecule has 0 saturated heterocycles. The zero-order valence-electron chi connectivity index (χ0n) is 13.2. The fourth-order valence-corrected chi connectivity index (χ4v) is 2.65. The highest BCUT2D eigenvalue weighted by Gasteiger charge is 2.11. The van der Waals surface area contributed by atoms with Crippen LogP contribution in [-0.4, -0.2) is 4.57 Å². The molecule has 116 valence electrons. The van der Waals surface area contributed by atoms with Crippen LogP contribution < -0.4 is 17.0 Å². The molecule has 1 aromatic carbocycles. The van der Waals surface area contributed by atoms with Crippen LogP contribution in [0.5, 0.6) is 0 Å². The molecule has 1 unspecified atom stereocenters. The second kappa shape index (κ2) is 9.62. The lowest BCUT2D eigenvalue weighted by Crippen LogP contribution is -3.00. The summed E-state index contributed by atoms with van der Waals surface area (Å²) in [5.74, 6) is 0.813. The first-order valence-electron chi connectivity index (χ1n) is 7.90. The van der Waals surface area contributed by atoms with Gasteiger partial charge >= 0.3 is 0 Å². The quantitative estimate of drug-likeness (QED) is 0.645. The lowest BCUT2D eigenvalue weighted by molar-refractivity contribution is -0.703. The van der Waals surface area contributed by atoms with Gasteiger partial charge in [-0.25, -0.2) is 9.13 Å². The molecule has 1 atom stereocenters. The van der Waals surface area contributed by atoms with E-state index < -0.39 is 0 Å². The predicted octanol–water partition coefficient (Wildman–Crippen LogP) is 1.04. The fraction of sp³-hybridized carbons (Fsp3) is 0.500. The highest BCUT2D eigenvalue weighted by atomic mass is 35.5. The molecule has 0 amide bonds. The number of aromatic nitrogens is 2. The van der Waals surface area contributed by atoms with E-state index in [4.69, 9.17) is 0 Å². The lowest BCUT2D eigenvalue weighted by atomic mass is 9.99. The topological polar surface area (TPSA) is 8.81 Å². The standard InChI is InChI=1S/C18H27N2.ClH/c1-3-5-9-17(4-2)14-19-12-13-20(16-19)15-18-10-7-6-8-11-18;/h6-8,10-13,16-17H,3-5,9,14-15H2,1-2H3;1H/q+1;/p-1. The van der Waals surface area contributed by atoms with Crippen molar-refractivity contribution in [1.82, 2.24) is 4.57 Å². The number of hydrogen-bond donors (Lipinski definition) is 0. The number of imidazole rings is 1. The maximum Gasteiger partial charge on any atom is 0.244 e. The van der Waals surface area contributed by atoms with Gasteiger partial charge in [-0.2, -0.15) is 0 Å². The summed E-state index contributed by atoms with van der Waals surface area (Å²) in [6.45, 7) is 6.69. The summed E-state index contributed by atoms with van der Waals surface area (Å²) in [4.78, 5) is 0. The Morgan fingerprint density at radius 2 is 1.90 bits per heavy atom. The van der Waals surface area contributed by atoms with Gasteiger partial charge in [0.1, 0.15) is 18.9 Å². The number of unbranched alkanes of at least 4 members (excludes halogenated alkanes) is 1. The van der Waals surface area contributed by atoms with Crippen LogP contribution in [0, 0.1) is 5.92 Å². The second-order valence-corrected chi connectivity index (χ2v) is 5.68. The van der Waals surface area contributed by atoms with Crippen molar-refractivity contribution >= 4 is 0 Å². The average Bonchev–Trinajstić information content (AvgIpc) is 2.91. The molecule has 0 radical (unpaired) electrons. The highest BCUT2D eigenvalue weighted by molar-refractivity contribution is 5.14. The van der Waals surface area contributed by atoms with Gasteiger partial charge in [0.2, 0.25) is 6.33 Å². The summed E-state index contributed by atoms with van der Waals surface area (Å²) in [6.07, 6.45) is 11.9. The predicted molar refractivity (Wildman–Crippen MR) is 83.5 cm³/mol. The zero-order valence-corrected chi connectivity index (χ0v) is 14.0. The third-order valence-electron chi connectivity index (χ3n) is 3.97. The van der Waals surface area contributed by atoms with Crippen molar-refractivity contribution in [2.24, 2.45) is 5.92 Å². The molecular weight excluding hydrogens is 280 g/mol. The Hall–Kier alpha value is -1.28. The van der Waals surface area contributed by atoms with Crippen molar-refractivity contribution in [3.8, 4) is 0 Å². The van der Waals surface area contributed by atoms with Gasteiger partial charge in [-0.15, -0.1) is 0 Å². The Bertz CT molecular complexity index is 493. The first-order valence-corrected chi connectivity index (χ1v) is 7.90. The Balaban J connectivity index is 0.00000220. The minimum Gasteiger partial charge on any atom is -1.00 e. The number of benzene rings is 1. The van der Waals surface area contributed by atoms with Gasteiger partial charge in [-0.3, -0.25) is 0 Å². The molecule has 0 bridgehead atoms. The number of hydrogen-bond acceptors (Lipinski definition) is 0. The number of rotatable bonds is 8. The van der Waals surface area contributed by atoms with E-state index in [0.29, 0.717) is 0 Å². The van der Waals surface area contributed by atoms with Crippen LogP contribution >= 0.6 is 0 Å².